The van der Waals surface area contributed by atoms with Crippen molar-refractivity contribution in [3.8, 4) is 0 Å². The highest BCUT2D eigenvalue weighted by molar-refractivity contribution is 4.94. The topological polar surface area (TPSA) is 26.7 Å². The molecule has 0 aromatic carbocycles. The van der Waals surface area contributed by atoms with Crippen LogP contribution in [0.2, 0.25) is 0 Å². The summed E-state index contributed by atoms with van der Waals surface area (Å²) in [6.07, 6.45) is 3.67. The van der Waals surface area contributed by atoms with Crippen molar-refractivity contribution < 1.29 is 5.11 Å². The zero-order chi connectivity index (χ0) is 11.8. The minimum atomic E-state index is -0.237. The van der Waals surface area contributed by atoms with Gasteiger partial charge in [0.2, 0.25) is 0 Å². The zero-order valence-corrected chi connectivity index (χ0v) is 10.9. The van der Waals surface area contributed by atoms with E-state index in [0.717, 1.165) is 13.1 Å². The van der Waals surface area contributed by atoms with Gasteiger partial charge in [-0.3, -0.25) is 4.90 Å². The van der Waals surface area contributed by atoms with Gasteiger partial charge < -0.3 is 10.0 Å². The molecule has 1 atom stereocenters. The van der Waals surface area contributed by atoms with Crippen LogP contribution in [-0.4, -0.2) is 54.4 Å². The normalized spacial score (nSPS) is 29.1. The van der Waals surface area contributed by atoms with E-state index in [-0.39, 0.29) is 6.23 Å². The molecule has 0 radical (unpaired) electrons. The van der Waals surface area contributed by atoms with E-state index in [0.29, 0.717) is 11.3 Å². The summed E-state index contributed by atoms with van der Waals surface area (Å²) in [5.74, 6) is 0.349. The summed E-state index contributed by atoms with van der Waals surface area (Å²) in [6, 6.07) is 0. The van der Waals surface area contributed by atoms with Crippen molar-refractivity contribution in [3.05, 3.63) is 0 Å². The largest absolute Gasteiger partial charge is 0.378 e. The number of hydrogen-bond acceptors (Lipinski definition) is 3. The van der Waals surface area contributed by atoms with Gasteiger partial charge in [0.25, 0.3) is 0 Å². The summed E-state index contributed by atoms with van der Waals surface area (Å²) < 4.78 is 0. The van der Waals surface area contributed by atoms with Crippen molar-refractivity contribution in [2.45, 2.75) is 39.3 Å². The zero-order valence-electron chi connectivity index (χ0n) is 10.9. The molecule has 3 heteroatoms. The lowest BCUT2D eigenvalue weighted by Gasteiger charge is -2.38. The molecule has 0 aliphatic carbocycles. The SMILES string of the molecule is CC(C)C(O)N1CCC2(CCN(C)CC2)C1. The van der Waals surface area contributed by atoms with Gasteiger partial charge in [0.1, 0.15) is 6.23 Å². The van der Waals surface area contributed by atoms with Gasteiger partial charge in [-0.05, 0) is 50.7 Å². The Morgan fingerprint density at radius 1 is 1.06 bits per heavy atom. The monoisotopic (exact) mass is 226 g/mol. The maximum absolute atomic E-state index is 10.1. The van der Waals surface area contributed by atoms with Crippen molar-refractivity contribution in [2.24, 2.45) is 11.3 Å². The van der Waals surface area contributed by atoms with Crippen LogP contribution in [-0.2, 0) is 0 Å². The minimum Gasteiger partial charge on any atom is -0.378 e. The Kier molecular flexibility index (Phi) is 3.57. The first-order valence-corrected chi connectivity index (χ1v) is 6.63. The third-order valence-electron chi connectivity index (χ3n) is 4.49. The van der Waals surface area contributed by atoms with Crippen LogP contribution in [0.1, 0.15) is 33.1 Å². The van der Waals surface area contributed by atoms with Crippen LogP contribution in [0.15, 0.2) is 0 Å². The fourth-order valence-electron chi connectivity index (χ4n) is 3.12. The predicted octanol–water partition coefficient (Wildman–Crippen LogP) is 1.38. The van der Waals surface area contributed by atoms with Crippen LogP contribution in [0.4, 0.5) is 0 Å². The van der Waals surface area contributed by atoms with Crippen molar-refractivity contribution >= 4 is 0 Å². The summed E-state index contributed by atoms with van der Waals surface area (Å²) >= 11 is 0. The first-order valence-electron chi connectivity index (χ1n) is 6.63. The molecule has 2 aliphatic rings. The number of piperidine rings is 1. The lowest BCUT2D eigenvalue weighted by atomic mass is 9.78. The first kappa shape index (κ1) is 12.3. The van der Waals surface area contributed by atoms with E-state index in [9.17, 15) is 5.11 Å². The van der Waals surface area contributed by atoms with Crippen LogP contribution in [0.3, 0.4) is 0 Å². The summed E-state index contributed by atoms with van der Waals surface area (Å²) in [6.45, 7) is 8.86. The molecule has 94 valence electrons. The van der Waals surface area contributed by atoms with Crippen molar-refractivity contribution in [2.75, 3.05) is 33.2 Å². The van der Waals surface area contributed by atoms with Gasteiger partial charge in [-0.15, -0.1) is 0 Å². The number of aliphatic hydroxyl groups is 1. The van der Waals surface area contributed by atoms with Crippen LogP contribution >= 0.6 is 0 Å². The summed E-state index contributed by atoms with van der Waals surface area (Å²) in [4.78, 5) is 4.71. The highest BCUT2D eigenvalue weighted by atomic mass is 16.3. The van der Waals surface area contributed by atoms with Gasteiger partial charge in [0, 0.05) is 13.1 Å². The second-order valence-corrected chi connectivity index (χ2v) is 6.18. The molecule has 2 aliphatic heterocycles. The van der Waals surface area contributed by atoms with Gasteiger partial charge in [0.15, 0.2) is 0 Å². The van der Waals surface area contributed by atoms with E-state index < -0.39 is 0 Å². The number of nitrogens with zero attached hydrogens (tertiary/aromatic N) is 2. The molecule has 2 heterocycles. The maximum atomic E-state index is 10.1. The summed E-state index contributed by atoms with van der Waals surface area (Å²) in [5, 5.41) is 10.1. The van der Waals surface area contributed by atoms with Crippen molar-refractivity contribution in [1.82, 2.24) is 9.80 Å². The molecular formula is C13H26N2O. The van der Waals surface area contributed by atoms with Crippen molar-refractivity contribution in [1.29, 1.82) is 0 Å². The standard InChI is InChI=1S/C13H26N2O/c1-11(2)12(16)15-9-6-13(10-15)4-7-14(3)8-5-13/h11-12,16H,4-10H2,1-3H3. The lowest BCUT2D eigenvalue weighted by Crippen LogP contribution is -2.42. The molecule has 1 N–H and O–H groups in total. The van der Waals surface area contributed by atoms with E-state index >= 15 is 0 Å². The smallest absolute Gasteiger partial charge is 0.109 e. The number of rotatable bonds is 2. The number of aliphatic hydroxyl groups excluding tert-OH is 1. The van der Waals surface area contributed by atoms with Gasteiger partial charge in [-0.1, -0.05) is 13.8 Å². The van der Waals surface area contributed by atoms with Crippen molar-refractivity contribution in [3.63, 3.8) is 0 Å². The first-order chi connectivity index (χ1) is 7.52. The van der Waals surface area contributed by atoms with E-state index in [2.05, 4.69) is 30.7 Å². The highest BCUT2D eigenvalue weighted by Gasteiger charge is 2.41. The Hall–Kier alpha value is -0.120. The van der Waals surface area contributed by atoms with Crippen LogP contribution in [0.25, 0.3) is 0 Å². The van der Waals surface area contributed by atoms with Crippen LogP contribution in [0.5, 0.6) is 0 Å². The van der Waals surface area contributed by atoms with Gasteiger partial charge in [-0.25, -0.2) is 0 Å². The van der Waals surface area contributed by atoms with Crippen LogP contribution < -0.4 is 0 Å². The molecule has 0 amide bonds. The molecule has 0 saturated carbocycles. The summed E-state index contributed by atoms with van der Waals surface area (Å²) in [7, 11) is 2.21. The Morgan fingerprint density at radius 2 is 1.62 bits per heavy atom. The Balaban J connectivity index is 1.92. The lowest BCUT2D eigenvalue weighted by molar-refractivity contribution is -0.0255. The molecule has 2 saturated heterocycles. The Labute approximate surface area is 99.4 Å². The quantitative estimate of drug-likeness (QED) is 0.770. The number of hydrogen-bond donors (Lipinski definition) is 1. The average Bonchev–Trinajstić information content (AvgIpc) is 2.66. The Morgan fingerprint density at radius 3 is 2.19 bits per heavy atom. The fraction of sp³-hybridized carbons (Fsp3) is 1.00. The predicted molar refractivity (Wildman–Crippen MR) is 66.2 cm³/mol. The molecule has 2 fully saturated rings. The van der Waals surface area contributed by atoms with Gasteiger partial charge in [0.05, 0.1) is 0 Å². The molecule has 0 aromatic rings. The average molecular weight is 226 g/mol. The number of likely N-dealkylation sites (tertiary alicyclic amines) is 2. The molecule has 0 aromatic heterocycles. The maximum Gasteiger partial charge on any atom is 0.109 e. The fourth-order valence-corrected chi connectivity index (χ4v) is 3.12. The van der Waals surface area contributed by atoms with Gasteiger partial charge >= 0.3 is 0 Å². The third-order valence-corrected chi connectivity index (χ3v) is 4.49. The Bertz CT molecular complexity index is 234. The minimum absolute atomic E-state index is 0.237. The molecule has 3 nitrogen and oxygen atoms in total. The van der Waals surface area contributed by atoms with E-state index in [1.807, 2.05) is 0 Å². The third kappa shape index (κ3) is 2.41. The van der Waals surface area contributed by atoms with Crippen LogP contribution in [0, 0.1) is 11.3 Å². The summed E-state index contributed by atoms with van der Waals surface area (Å²) in [5.41, 5.74) is 0.516. The van der Waals surface area contributed by atoms with E-state index in [1.54, 1.807) is 0 Å². The molecular weight excluding hydrogens is 200 g/mol. The molecule has 1 spiro atoms. The second-order valence-electron chi connectivity index (χ2n) is 6.18. The molecule has 16 heavy (non-hydrogen) atoms. The molecule has 0 bridgehead atoms. The van der Waals surface area contributed by atoms with E-state index in [4.69, 9.17) is 0 Å². The molecule has 2 rings (SSSR count). The van der Waals surface area contributed by atoms with E-state index in [1.165, 1.54) is 32.4 Å². The second kappa shape index (κ2) is 4.63. The van der Waals surface area contributed by atoms with Gasteiger partial charge in [-0.2, -0.15) is 0 Å². The molecule has 1 unspecified atom stereocenters. The highest BCUT2D eigenvalue weighted by Crippen LogP contribution is 2.40.